The van der Waals surface area contributed by atoms with E-state index in [9.17, 15) is 0 Å². The smallest absolute Gasteiger partial charge is 0.247 e. The van der Waals surface area contributed by atoms with E-state index in [0.29, 0.717) is 11.8 Å². The van der Waals surface area contributed by atoms with E-state index < -0.39 is 0 Å². The molecule has 0 spiro atoms. The van der Waals surface area contributed by atoms with Gasteiger partial charge in [-0.15, -0.1) is 10.2 Å². The first-order valence-electron chi connectivity index (χ1n) is 8.38. The van der Waals surface area contributed by atoms with Crippen LogP contribution in [0.4, 0.5) is 0 Å². The van der Waals surface area contributed by atoms with Crippen molar-refractivity contribution in [3.8, 4) is 11.5 Å². The van der Waals surface area contributed by atoms with Crippen molar-refractivity contribution in [3.05, 3.63) is 108 Å². The summed E-state index contributed by atoms with van der Waals surface area (Å²) in [5, 5.41) is 8.61. The molecular weight excluding hydrogens is 308 g/mol. The van der Waals surface area contributed by atoms with Gasteiger partial charge in [0, 0.05) is 5.56 Å². The van der Waals surface area contributed by atoms with Crippen LogP contribution < -0.4 is 0 Å². The topological polar surface area (TPSA) is 38.9 Å². The molecule has 3 heteroatoms. The average molecular weight is 326 g/mol. The lowest BCUT2D eigenvalue weighted by Gasteiger charge is -2.13. The summed E-state index contributed by atoms with van der Waals surface area (Å²) >= 11 is 0. The third-order valence-electron chi connectivity index (χ3n) is 4.24. The Bertz CT molecular complexity index is 918. The lowest BCUT2D eigenvalue weighted by molar-refractivity contribution is 0.478. The molecule has 0 saturated heterocycles. The molecule has 0 fully saturated rings. The summed E-state index contributed by atoms with van der Waals surface area (Å²) in [5.41, 5.74) is 3.36. The summed E-state index contributed by atoms with van der Waals surface area (Å²) in [6.07, 6.45) is 0.821. The van der Waals surface area contributed by atoms with Crippen molar-refractivity contribution in [3.63, 3.8) is 0 Å². The highest BCUT2D eigenvalue weighted by molar-refractivity contribution is 5.52. The van der Waals surface area contributed by atoms with Crippen LogP contribution in [0.25, 0.3) is 11.5 Å². The molecule has 0 aliphatic heterocycles. The minimum absolute atomic E-state index is 0.0357. The molecule has 3 nitrogen and oxygen atoms in total. The van der Waals surface area contributed by atoms with Crippen molar-refractivity contribution in [1.82, 2.24) is 10.2 Å². The first-order valence-corrected chi connectivity index (χ1v) is 8.38. The van der Waals surface area contributed by atoms with Gasteiger partial charge in [-0.25, -0.2) is 0 Å². The van der Waals surface area contributed by atoms with E-state index in [-0.39, 0.29) is 5.92 Å². The maximum absolute atomic E-state index is 6.04. The van der Waals surface area contributed by atoms with E-state index in [1.54, 1.807) is 0 Å². The second-order valence-electron chi connectivity index (χ2n) is 5.96. The molecule has 0 saturated carbocycles. The van der Waals surface area contributed by atoms with Gasteiger partial charge in [0.15, 0.2) is 0 Å². The van der Waals surface area contributed by atoms with E-state index in [4.69, 9.17) is 4.42 Å². The summed E-state index contributed by atoms with van der Waals surface area (Å²) in [6.45, 7) is 0. The molecule has 4 rings (SSSR count). The molecule has 0 N–H and O–H groups in total. The zero-order valence-corrected chi connectivity index (χ0v) is 13.7. The first-order chi connectivity index (χ1) is 12.4. The molecule has 3 aromatic carbocycles. The molecule has 0 aliphatic rings. The molecule has 0 amide bonds. The zero-order valence-electron chi connectivity index (χ0n) is 13.7. The Hall–Kier alpha value is -3.20. The number of aromatic nitrogens is 2. The lowest BCUT2D eigenvalue weighted by atomic mass is 9.92. The fourth-order valence-electron chi connectivity index (χ4n) is 2.96. The van der Waals surface area contributed by atoms with Crippen molar-refractivity contribution < 1.29 is 4.42 Å². The van der Waals surface area contributed by atoms with Crippen LogP contribution in [0.2, 0.25) is 0 Å². The predicted octanol–water partition coefficient (Wildman–Crippen LogP) is 5.11. The van der Waals surface area contributed by atoms with Gasteiger partial charge in [0.1, 0.15) is 0 Å². The third kappa shape index (κ3) is 3.50. The number of hydrogen-bond donors (Lipinski definition) is 0. The van der Waals surface area contributed by atoms with Gasteiger partial charge in [-0.3, -0.25) is 0 Å². The minimum Gasteiger partial charge on any atom is -0.420 e. The SMILES string of the molecule is c1ccc(CC(c2ccccc2)c2nnc(-c3ccccc3)o2)cc1. The highest BCUT2D eigenvalue weighted by atomic mass is 16.4. The van der Waals surface area contributed by atoms with Crippen LogP contribution in [0.3, 0.4) is 0 Å². The normalized spacial score (nSPS) is 12.0. The Morgan fingerprint density at radius 1 is 0.680 bits per heavy atom. The number of hydrogen-bond acceptors (Lipinski definition) is 3. The van der Waals surface area contributed by atoms with Crippen LogP contribution in [0.5, 0.6) is 0 Å². The number of rotatable bonds is 5. The third-order valence-corrected chi connectivity index (χ3v) is 4.24. The second kappa shape index (κ2) is 7.14. The Morgan fingerprint density at radius 3 is 1.96 bits per heavy atom. The molecule has 1 heterocycles. The van der Waals surface area contributed by atoms with Crippen LogP contribution in [-0.4, -0.2) is 10.2 Å². The maximum atomic E-state index is 6.04. The molecule has 122 valence electrons. The fourth-order valence-corrected chi connectivity index (χ4v) is 2.96. The van der Waals surface area contributed by atoms with Gasteiger partial charge in [-0.1, -0.05) is 78.9 Å². The van der Waals surface area contributed by atoms with Gasteiger partial charge in [0.2, 0.25) is 11.8 Å². The van der Waals surface area contributed by atoms with Crippen LogP contribution in [0.1, 0.15) is 22.9 Å². The van der Waals surface area contributed by atoms with Gasteiger partial charge in [-0.2, -0.15) is 0 Å². The monoisotopic (exact) mass is 326 g/mol. The van der Waals surface area contributed by atoms with Crippen LogP contribution >= 0.6 is 0 Å². The Balaban J connectivity index is 1.70. The Morgan fingerprint density at radius 2 is 1.28 bits per heavy atom. The molecule has 0 bridgehead atoms. The average Bonchev–Trinajstić information content (AvgIpc) is 3.18. The summed E-state index contributed by atoms with van der Waals surface area (Å²) in [6, 6.07) is 30.6. The van der Waals surface area contributed by atoms with E-state index in [1.807, 2.05) is 54.6 Å². The van der Waals surface area contributed by atoms with E-state index in [0.717, 1.165) is 12.0 Å². The number of nitrogens with zero attached hydrogens (tertiary/aromatic N) is 2. The molecule has 1 aromatic heterocycles. The summed E-state index contributed by atoms with van der Waals surface area (Å²) in [7, 11) is 0. The summed E-state index contributed by atoms with van der Waals surface area (Å²) in [4.78, 5) is 0. The van der Waals surface area contributed by atoms with E-state index in [1.165, 1.54) is 11.1 Å². The van der Waals surface area contributed by atoms with Crippen molar-refractivity contribution in [2.45, 2.75) is 12.3 Å². The van der Waals surface area contributed by atoms with E-state index in [2.05, 4.69) is 46.6 Å². The van der Waals surface area contributed by atoms with E-state index >= 15 is 0 Å². The van der Waals surface area contributed by atoms with Crippen molar-refractivity contribution >= 4 is 0 Å². The zero-order chi connectivity index (χ0) is 16.9. The quantitative estimate of drug-likeness (QED) is 0.511. The first kappa shape index (κ1) is 15.3. The van der Waals surface area contributed by atoms with Crippen molar-refractivity contribution in [2.24, 2.45) is 0 Å². The van der Waals surface area contributed by atoms with Gasteiger partial charge >= 0.3 is 0 Å². The van der Waals surface area contributed by atoms with Gasteiger partial charge in [0.05, 0.1) is 5.92 Å². The molecule has 4 aromatic rings. The Labute approximate surface area is 147 Å². The molecule has 0 radical (unpaired) electrons. The van der Waals surface area contributed by atoms with Crippen molar-refractivity contribution in [1.29, 1.82) is 0 Å². The van der Waals surface area contributed by atoms with Gasteiger partial charge in [-0.05, 0) is 29.7 Å². The largest absolute Gasteiger partial charge is 0.420 e. The summed E-state index contributed by atoms with van der Waals surface area (Å²) < 4.78 is 6.04. The maximum Gasteiger partial charge on any atom is 0.247 e. The van der Waals surface area contributed by atoms with Crippen LogP contribution in [0.15, 0.2) is 95.4 Å². The summed E-state index contributed by atoms with van der Waals surface area (Å²) in [5.74, 6) is 1.24. The highest BCUT2D eigenvalue weighted by Gasteiger charge is 2.21. The predicted molar refractivity (Wildman–Crippen MR) is 98.2 cm³/mol. The molecule has 0 aliphatic carbocycles. The van der Waals surface area contributed by atoms with Crippen LogP contribution in [0, 0.1) is 0 Å². The fraction of sp³-hybridized carbons (Fsp3) is 0.0909. The molecule has 1 unspecified atom stereocenters. The van der Waals surface area contributed by atoms with Gasteiger partial charge < -0.3 is 4.42 Å². The second-order valence-corrected chi connectivity index (χ2v) is 5.96. The lowest BCUT2D eigenvalue weighted by Crippen LogP contribution is -2.05. The van der Waals surface area contributed by atoms with Crippen molar-refractivity contribution in [2.75, 3.05) is 0 Å². The molecule has 25 heavy (non-hydrogen) atoms. The minimum atomic E-state index is 0.0357. The number of benzene rings is 3. The highest BCUT2D eigenvalue weighted by Crippen LogP contribution is 2.29. The Kier molecular flexibility index (Phi) is 4.38. The molecular formula is C22H18N2O. The van der Waals surface area contributed by atoms with Crippen LogP contribution in [-0.2, 0) is 6.42 Å². The van der Waals surface area contributed by atoms with Gasteiger partial charge in [0.25, 0.3) is 0 Å². The standard InChI is InChI=1S/C22H18N2O/c1-4-10-17(11-5-1)16-20(18-12-6-2-7-13-18)22-24-23-21(25-22)19-14-8-3-9-15-19/h1-15,20H,16H2. The molecule has 1 atom stereocenters.